The highest BCUT2D eigenvalue weighted by atomic mass is 16.5. The van der Waals surface area contributed by atoms with E-state index in [1.807, 2.05) is 6.07 Å². The van der Waals surface area contributed by atoms with Crippen molar-refractivity contribution in [3.05, 3.63) is 64.7 Å². The second-order valence-corrected chi connectivity index (χ2v) is 7.25. The van der Waals surface area contributed by atoms with Crippen LogP contribution in [0.3, 0.4) is 0 Å². The van der Waals surface area contributed by atoms with Crippen LogP contribution in [0.15, 0.2) is 42.5 Å². The lowest BCUT2D eigenvalue weighted by Gasteiger charge is -2.45. The number of rotatable bonds is 2. The van der Waals surface area contributed by atoms with Crippen LogP contribution in [0.5, 0.6) is 5.75 Å². The zero-order valence-corrected chi connectivity index (χ0v) is 14.5. The monoisotopic (exact) mass is 323 g/mol. The van der Waals surface area contributed by atoms with Gasteiger partial charge >= 0.3 is 0 Å². The highest BCUT2D eigenvalue weighted by Gasteiger charge is 2.44. The molecule has 126 valence electrons. The zero-order chi connectivity index (χ0) is 16.7. The number of ether oxygens (including phenoxy) is 1. The largest absolute Gasteiger partial charge is 0.497 e. The lowest BCUT2D eigenvalue weighted by molar-refractivity contribution is -0.0229. The molecule has 2 atom stereocenters. The summed E-state index contributed by atoms with van der Waals surface area (Å²) in [5, 5.41) is 11.8. The van der Waals surface area contributed by atoms with Crippen LogP contribution in [0.2, 0.25) is 0 Å². The molecule has 0 radical (unpaired) electrons. The second kappa shape index (κ2) is 5.91. The molecule has 2 aromatic carbocycles. The molecule has 2 aromatic rings. The molecule has 1 aliphatic carbocycles. The minimum atomic E-state index is -0.785. The standard InChI is InChI=1S/C21H25NO2/c1-22-13-16-12-17(24-2)9-10-18(16)20(14-22)21(23)11-5-7-15-6-3-4-8-19(15)21/h3-4,6,8-10,12,20,23H,5,7,11,13-14H2,1-2H3. The van der Waals surface area contributed by atoms with Crippen molar-refractivity contribution in [1.82, 2.24) is 4.90 Å². The summed E-state index contributed by atoms with van der Waals surface area (Å²) in [6.45, 7) is 1.78. The van der Waals surface area contributed by atoms with Gasteiger partial charge in [-0.1, -0.05) is 30.3 Å². The predicted octanol–water partition coefficient (Wildman–Crippen LogP) is 3.45. The first-order valence-corrected chi connectivity index (χ1v) is 8.78. The molecule has 3 heteroatoms. The first-order valence-electron chi connectivity index (χ1n) is 8.78. The summed E-state index contributed by atoms with van der Waals surface area (Å²) in [6.07, 6.45) is 2.93. The van der Waals surface area contributed by atoms with E-state index in [9.17, 15) is 5.11 Å². The van der Waals surface area contributed by atoms with Gasteiger partial charge in [-0.2, -0.15) is 0 Å². The van der Waals surface area contributed by atoms with Crippen LogP contribution in [-0.2, 0) is 18.6 Å². The van der Waals surface area contributed by atoms with Crippen LogP contribution < -0.4 is 4.74 Å². The highest BCUT2D eigenvalue weighted by Crippen LogP contribution is 2.48. The number of methoxy groups -OCH3 is 1. The smallest absolute Gasteiger partial charge is 0.119 e. The molecule has 1 aliphatic heterocycles. The molecule has 2 aliphatic rings. The van der Waals surface area contributed by atoms with E-state index in [2.05, 4.69) is 48.3 Å². The van der Waals surface area contributed by atoms with Gasteiger partial charge in [0.15, 0.2) is 0 Å². The van der Waals surface area contributed by atoms with Gasteiger partial charge in [0.1, 0.15) is 5.75 Å². The van der Waals surface area contributed by atoms with Crippen molar-refractivity contribution >= 4 is 0 Å². The van der Waals surface area contributed by atoms with E-state index in [1.165, 1.54) is 16.7 Å². The zero-order valence-electron chi connectivity index (χ0n) is 14.5. The maximum atomic E-state index is 11.8. The Hall–Kier alpha value is -1.84. The van der Waals surface area contributed by atoms with Crippen molar-refractivity contribution < 1.29 is 9.84 Å². The number of aryl methyl sites for hydroxylation is 1. The van der Waals surface area contributed by atoms with Crippen LogP contribution >= 0.6 is 0 Å². The fraction of sp³-hybridized carbons (Fsp3) is 0.429. The van der Waals surface area contributed by atoms with Crippen molar-refractivity contribution in [3.8, 4) is 5.75 Å². The summed E-state index contributed by atoms with van der Waals surface area (Å²) >= 11 is 0. The molecule has 0 saturated carbocycles. The third kappa shape index (κ3) is 2.43. The lowest BCUT2D eigenvalue weighted by atomic mass is 9.67. The van der Waals surface area contributed by atoms with Gasteiger partial charge in [0.05, 0.1) is 12.7 Å². The van der Waals surface area contributed by atoms with E-state index in [0.29, 0.717) is 0 Å². The molecular formula is C21H25NO2. The van der Waals surface area contributed by atoms with Crippen molar-refractivity contribution in [2.75, 3.05) is 20.7 Å². The fourth-order valence-electron chi connectivity index (χ4n) is 4.57. The predicted molar refractivity (Wildman–Crippen MR) is 95.3 cm³/mol. The Labute approximate surface area is 143 Å². The number of aliphatic hydroxyl groups is 1. The Balaban J connectivity index is 1.83. The Kier molecular flexibility index (Phi) is 3.86. The first-order chi connectivity index (χ1) is 11.6. The van der Waals surface area contributed by atoms with Crippen molar-refractivity contribution in [2.24, 2.45) is 0 Å². The lowest BCUT2D eigenvalue weighted by Crippen LogP contribution is -2.44. The van der Waals surface area contributed by atoms with E-state index < -0.39 is 5.60 Å². The Bertz CT molecular complexity index is 757. The van der Waals surface area contributed by atoms with Crippen LogP contribution in [0, 0.1) is 0 Å². The van der Waals surface area contributed by atoms with Gasteiger partial charge in [-0.25, -0.2) is 0 Å². The summed E-state index contributed by atoms with van der Waals surface area (Å²) < 4.78 is 5.40. The quantitative estimate of drug-likeness (QED) is 0.919. The van der Waals surface area contributed by atoms with Gasteiger partial charge in [0.2, 0.25) is 0 Å². The van der Waals surface area contributed by atoms with E-state index in [4.69, 9.17) is 4.74 Å². The third-order valence-corrected chi connectivity index (χ3v) is 5.72. The second-order valence-electron chi connectivity index (χ2n) is 7.25. The molecule has 3 nitrogen and oxygen atoms in total. The summed E-state index contributed by atoms with van der Waals surface area (Å²) in [7, 11) is 3.84. The average Bonchev–Trinajstić information content (AvgIpc) is 2.61. The average molecular weight is 323 g/mol. The molecule has 1 heterocycles. The molecule has 24 heavy (non-hydrogen) atoms. The number of hydrogen-bond donors (Lipinski definition) is 1. The maximum Gasteiger partial charge on any atom is 0.119 e. The van der Waals surface area contributed by atoms with Gasteiger partial charge < -0.3 is 14.7 Å². The maximum absolute atomic E-state index is 11.8. The molecule has 2 unspecified atom stereocenters. The summed E-state index contributed by atoms with van der Waals surface area (Å²) in [5.41, 5.74) is 4.18. The number of likely N-dealkylation sites (N-methyl/N-ethyl adjacent to an activating group) is 1. The summed E-state index contributed by atoms with van der Waals surface area (Å²) in [6, 6.07) is 14.7. The van der Waals surface area contributed by atoms with E-state index in [-0.39, 0.29) is 5.92 Å². The normalized spacial score (nSPS) is 26.5. The number of benzene rings is 2. The minimum absolute atomic E-state index is 0.0959. The Morgan fingerprint density at radius 1 is 1.17 bits per heavy atom. The molecule has 0 saturated heterocycles. The highest BCUT2D eigenvalue weighted by molar-refractivity contribution is 5.45. The number of nitrogens with zero attached hydrogens (tertiary/aromatic N) is 1. The van der Waals surface area contributed by atoms with Gasteiger partial charge in [0, 0.05) is 19.0 Å². The molecular weight excluding hydrogens is 298 g/mol. The topological polar surface area (TPSA) is 32.7 Å². The Morgan fingerprint density at radius 2 is 2.00 bits per heavy atom. The summed E-state index contributed by atoms with van der Waals surface area (Å²) in [5.74, 6) is 0.984. The van der Waals surface area contributed by atoms with Crippen molar-refractivity contribution in [3.63, 3.8) is 0 Å². The van der Waals surface area contributed by atoms with Gasteiger partial charge in [-0.15, -0.1) is 0 Å². The van der Waals surface area contributed by atoms with E-state index in [1.54, 1.807) is 7.11 Å². The molecule has 4 rings (SSSR count). The van der Waals surface area contributed by atoms with Crippen LogP contribution in [0.4, 0.5) is 0 Å². The van der Waals surface area contributed by atoms with E-state index in [0.717, 1.165) is 43.7 Å². The van der Waals surface area contributed by atoms with Crippen LogP contribution in [-0.4, -0.2) is 30.7 Å². The molecule has 0 bridgehead atoms. The van der Waals surface area contributed by atoms with Crippen LogP contribution in [0.1, 0.15) is 41.0 Å². The molecule has 0 amide bonds. The Morgan fingerprint density at radius 3 is 2.83 bits per heavy atom. The van der Waals surface area contributed by atoms with Gasteiger partial charge in [-0.05, 0) is 60.7 Å². The molecule has 0 spiro atoms. The van der Waals surface area contributed by atoms with Crippen molar-refractivity contribution in [1.29, 1.82) is 0 Å². The molecule has 0 fully saturated rings. The van der Waals surface area contributed by atoms with Gasteiger partial charge in [-0.3, -0.25) is 0 Å². The molecule has 1 N–H and O–H groups in total. The van der Waals surface area contributed by atoms with Crippen molar-refractivity contribution in [2.45, 2.75) is 37.3 Å². The third-order valence-electron chi connectivity index (χ3n) is 5.72. The van der Waals surface area contributed by atoms with Gasteiger partial charge in [0.25, 0.3) is 0 Å². The number of fused-ring (bicyclic) bond motifs is 2. The SMILES string of the molecule is COc1ccc2c(c1)CN(C)CC2C1(O)CCCc2ccccc21. The summed E-state index contributed by atoms with van der Waals surface area (Å²) in [4.78, 5) is 2.31. The minimum Gasteiger partial charge on any atom is -0.497 e. The van der Waals surface area contributed by atoms with Crippen LogP contribution in [0.25, 0.3) is 0 Å². The van der Waals surface area contributed by atoms with E-state index >= 15 is 0 Å². The first kappa shape index (κ1) is 15.7. The fourth-order valence-corrected chi connectivity index (χ4v) is 4.57. The number of hydrogen-bond acceptors (Lipinski definition) is 3. The molecule has 0 aromatic heterocycles.